The van der Waals surface area contributed by atoms with E-state index in [1.165, 1.54) is 39.0 Å². The Balaban J connectivity index is 3.52. The molecular weight excluding hydrogens is 226 g/mol. The van der Waals surface area contributed by atoms with Crippen molar-refractivity contribution in [3.8, 4) is 0 Å². The molecule has 0 radical (unpaired) electrons. The Morgan fingerprint density at radius 1 is 1.00 bits per heavy atom. The molecule has 3 nitrogen and oxygen atoms in total. The summed E-state index contributed by atoms with van der Waals surface area (Å²) in [6.07, 6.45) is 11.9. The van der Waals surface area contributed by atoms with E-state index in [0.29, 0.717) is 0 Å². The number of carbonyl (C=O) groups excluding carboxylic acids is 1. The van der Waals surface area contributed by atoms with E-state index in [1.807, 2.05) is 0 Å². The minimum Gasteiger partial charge on any atom is -0.463 e. The fourth-order valence-corrected chi connectivity index (χ4v) is 2.15. The third kappa shape index (κ3) is 11.9. The van der Waals surface area contributed by atoms with Gasteiger partial charge in [-0.05, 0) is 32.2 Å². The van der Waals surface area contributed by atoms with Gasteiger partial charge >= 0.3 is 5.97 Å². The maximum atomic E-state index is 11.0. The number of carbonyl (C=O) groups is 1. The van der Waals surface area contributed by atoms with Crippen LogP contribution in [0.25, 0.3) is 0 Å². The first-order valence-electron chi connectivity index (χ1n) is 7.58. The maximum absolute atomic E-state index is 11.0. The standard InChI is InChI=1S/C15H31NO2/c1-3-4-11-15(18-14(2)17)12-9-7-5-6-8-10-13-16/h15H,3-13,16H2,1-2H3. The molecule has 0 aromatic heterocycles. The highest BCUT2D eigenvalue weighted by Crippen LogP contribution is 2.15. The third-order valence-electron chi connectivity index (χ3n) is 3.19. The Morgan fingerprint density at radius 2 is 1.56 bits per heavy atom. The molecule has 0 bridgehead atoms. The Hall–Kier alpha value is -0.570. The molecule has 0 aromatic rings. The Labute approximate surface area is 112 Å². The summed E-state index contributed by atoms with van der Waals surface area (Å²) in [5, 5.41) is 0. The minimum absolute atomic E-state index is 0.140. The molecule has 0 heterocycles. The predicted molar refractivity (Wildman–Crippen MR) is 76.5 cm³/mol. The van der Waals surface area contributed by atoms with Crippen LogP contribution in [0.4, 0.5) is 0 Å². The van der Waals surface area contributed by atoms with Crippen molar-refractivity contribution in [3.63, 3.8) is 0 Å². The Kier molecular flexibility index (Phi) is 12.5. The van der Waals surface area contributed by atoms with Crippen LogP contribution in [-0.4, -0.2) is 18.6 Å². The SMILES string of the molecule is CCCCC(CCCCCCCCN)OC(C)=O. The first-order valence-corrected chi connectivity index (χ1v) is 7.58. The van der Waals surface area contributed by atoms with E-state index >= 15 is 0 Å². The summed E-state index contributed by atoms with van der Waals surface area (Å²) in [4.78, 5) is 11.0. The molecular formula is C15H31NO2. The number of rotatable bonds is 12. The predicted octanol–water partition coefficient (Wildman–Crippen LogP) is 3.80. The number of esters is 1. The molecule has 0 aromatic carbocycles. The molecule has 0 saturated heterocycles. The summed E-state index contributed by atoms with van der Waals surface area (Å²) in [6, 6.07) is 0. The lowest BCUT2D eigenvalue weighted by atomic mass is 10.0. The highest BCUT2D eigenvalue weighted by Gasteiger charge is 2.10. The summed E-state index contributed by atoms with van der Waals surface area (Å²) in [5.74, 6) is -0.140. The second-order valence-electron chi connectivity index (χ2n) is 5.07. The zero-order valence-corrected chi connectivity index (χ0v) is 12.2. The van der Waals surface area contributed by atoms with E-state index in [0.717, 1.165) is 38.6 Å². The highest BCUT2D eigenvalue weighted by molar-refractivity contribution is 5.66. The summed E-state index contributed by atoms with van der Waals surface area (Å²) in [5.41, 5.74) is 5.45. The number of hydrogen-bond acceptors (Lipinski definition) is 3. The zero-order chi connectivity index (χ0) is 13.6. The molecule has 2 N–H and O–H groups in total. The monoisotopic (exact) mass is 257 g/mol. The molecule has 0 fully saturated rings. The number of hydrogen-bond donors (Lipinski definition) is 1. The van der Waals surface area contributed by atoms with Crippen LogP contribution in [0.1, 0.15) is 78.1 Å². The first-order chi connectivity index (χ1) is 8.70. The van der Waals surface area contributed by atoms with Gasteiger partial charge in [-0.3, -0.25) is 4.79 Å². The molecule has 1 unspecified atom stereocenters. The van der Waals surface area contributed by atoms with Gasteiger partial charge < -0.3 is 10.5 Å². The third-order valence-corrected chi connectivity index (χ3v) is 3.19. The van der Waals surface area contributed by atoms with Gasteiger partial charge in [0.2, 0.25) is 0 Å². The van der Waals surface area contributed by atoms with Crippen LogP contribution in [-0.2, 0) is 9.53 Å². The second-order valence-corrected chi connectivity index (χ2v) is 5.07. The van der Waals surface area contributed by atoms with Gasteiger partial charge in [0.25, 0.3) is 0 Å². The summed E-state index contributed by atoms with van der Waals surface area (Å²) in [7, 11) is 0. The fraction of sp³-hybridized carbons (Fsp3) is 0.933. The molecule has 3 heteroatoms. The molecule has 0 aliphatic heterocycles. The largest absolute Gasteiger partial charge is 0.463 e. The van der Waals surface area contributed by atoms with Crippen molar-refractivity contribution in [1.29, 1.82) is 0 Å². The van der Waals surface area contributed by atoms with Crippen molar-refractivity contribution in [3.05, 3.63) is 0 Å². The summed E-state index contributed by atoms with van der Waals surface area (Å²) >= 11 is 0. The molecule has 1 atom stereocenters. The lowest BCUT2D eigenvalue weighted by Crippen LogP contribution is -2.16. The van der Waals surface area contributed by atoms with E-state index in [9.17, 15) is 4.79 Å². The molecule has 18 heavy (non-hydrogen) atoms. The smallest absolute Gasteiger partial charge is 0.302 e. The fourth-order valence-electron chi connectivity index (χ4n) is 2.15. The number of unbranched alkanes of at least 4 members (excludes halogenated alkanes) is 6. The first kappa shape index (κ1) is 17.4. The van der Waals surface area contributed by atoms with Gasteiger partial charge in [-0.2, -0.15) is 0 Å². The van der Waals surface area contributed by atoms with Crippen LogP contribution >= 0.6 is 0 Å². The number of nitrogens with two attached hydrogens (primary N) is 1. The summed E-state index contributed by atoms with van der Waals surface area (Å²) in [6.45, 7) is 4.49. The molecule has 0 rings (SSSR count). The Bertz CT molecular complexity index is 195. The molecule has 0 aliphatic carbocycles. The van der Waals surface area contributed by atoms with Gasteiger partial charge in [-0.1, -0.05) is 45.4 Å². The van der Waals surface area contributed by atoms with E-state index < -0.39 is 0 Å². The van der Waals surface area contributed by atoms with Crippen molar-refractivity contribution in [2.45, 2.75) is 84.2 Å². The van der Waals surface area contributed by atoms with Crippen LogP contribution in [0.15, 0.2) is 0 Å². The molecule has 0 amide bonds. The molecule has 108 valence electrons. The summed E-state index contributed by atoms with van der Waals surface area (Å²) < 4.78 is 5.34. The zero-order valence-electron chi connectivity index (χ0n) is 12.2. The van der Waals surface area contributed by atoms with E-state index in [1.54, 1.807) is 0 Å². The lowest BCUT2D eigenvalue weighted by Gasteiger charge is -2.16. The number of ether oxygens (including phenoxy) is 1. The van der Waals surface area contributed by atoms with E-state index in [4.69, 9.17) is 10.5 Å². The van der Waals surface area contributed by atoms with E-state index in [2.05, 4.69) is 6.92 Å². The topological polar surface area (TPSA) is 52.3 Å². The van der Waals surface area contributed by atoms with Crippen LogP contribution < -0.4 is 5.73 Å². The van der Waals surface area contributed by atoms with Gasteiger partial charge in [0.05, 0.1) is 0 Å². The maximum Gasteiger partial charge on any atom is 0.302 e. The Morgan fingerprint density at radius 3 is 2.11 bits per heavy atom. The van der Waals surface area contributed by atoms with Gasteiger partial charge in [-0.25, -0.2) is 0 Å². The average Bonchev–Trinajstić information content (AvgIpc) is 2.34. The quantitative estimate of drug-likeness (QED) is 0.427. The van der Waals surface area contributed by atoms with Crippen molar-refractivity contribution in [2.75, 3.05) is 6.54 Å². The van der Waals surface area contributed by atoms with Crippen molar-refractivity contribution in [2.24, 2.45) is 5.73 Å². The normalized spacial score (nSPS) is 12.4. The average molecular weight is 257 g/mol. The van der Waals surface area contributed by atoms with Crippen LogP contribution in [0.5, 0.6) is 0 Å². The van der Waals surface area contributed by atoms with Crippen LogP contribution in [0.2, 0.25) is 0 Å². The van der Waals surface area contributed by atoms with E-state index in [-0.39, 0.29) is 12.1 Å². The molecule has 0 spiro atoms. The lowest BCUT2D eigenvalue weighted by molar-refractivity contribution is -0.147. The van der Waals surface area contributed by atoms with Crippen LogP contribution in [0.3, 0.4) is 0 Å². The minimum atomic E-state index is -0.140. The highest BCUT2D eigenvalue weighted by atomic mass is 16.5. The van der Waals surface area contributed by atoms with Gasteiger partial charge in [0, 0.05) is 6.92 Å². The van der Waals surface area contributed by atoms with Crippen LogP contribution in [0, 0.1) is 0 Å². The van der Waals surface area contributed by atoms with Gasteiger partial charge in [-0.15, -0.1) is 0 Å². The van der Waals surface area contributed by atoms with Gasteiger partial charge in [0.15, 0.2) is 0 Å². The van der Waals surface area contributed by atoms with Crippen molar-refractivity contribution >= 4 is 5.97 Å². The van der Waals surface area contributed by atoms with Crippen molar-refractivity contribution < 1.29 is 9.53 Å². The van der Waals surface area contributed by atoms with Gasteiger partial charge in [0.1, 0.15) is 6.10 Å². The molecule has 0 saturated carbocycles. The van der Waals surface area contributed by atoms with Crippen molar-refractivity contribution in [1.82, 2.24) is 0 Å². The molecule has 0 aliphatic rings. The second kappa shape index (κ2) is 12.9.